The maximum Gasteiger partial charge on any atom is 0.150 e. The molecular formula is C12H13N3O. The molecule has 0 atom stereocenters. The third-order valence-corrected chi connectivity index (χ3v) is 2.03. The van der Waals surface area contributed by atoms with Crippen LogP contribution >= 0.6 is 0 Å². The number of aryl methyl sites for hydroxylation is 1. The van der Waals surface area contributed by atoms with Crippen LogP contribution in [0.15, 0.2) is 29.4 Å². The summed E-state index contributed by atoms with van der Waals surface area (Å²) in [5.74, 6) is 0. The van der Waals surface area contributed by atoms with Gasteiger partial charge < -0.3 is 0 Å². The summed E-state index contributed by atoms with van der Waals surface area (Å²) in [7, 11) is 0. The highest BCUT2D eigenvalue weighted by Crippen LogP contribution is 2.10. The predicted molar refractivity (Wildman–Crippen MR) is 64.2 cm³/mol. The first-order valence-corrected chi connectivity index (χ1v) is 5.00. The Balaban J connectivity index is 2.69. The van der Waals surface area contributed by atoms with Gasteiger partial charge in [-0.25, -0.2) is 0 Å². The van der Waals surface area contributed by atoms with Gasteiger partial charge in [-0.15, -0.1) is 0 Å². The Kier molecular flexibility index (Phi) is 4.83. The van der Waals surface area contributed by atoms with E-state index >= 15 is 0 Å². The van der Waals surface area contributed by atoms with Crippen molar-refractivity contribution in [1.29, 1.82) is 0 Å². The van der Waals surface area contributed by atoms with Crippen LogP contribution in [0.5, 0.6) is 0 Å². The minimum absolute atomic E-state index is 0.458. The molecule has 82 valence electrons. The summed E-state index contributed by atoms with van der Waals surface area (Å²) in [5, 5.41) is 3.43. The van der Waals surface area contributed by atoms with E-state index in [0.717, 1.165) is 17.4 Å². The summed E-state index contributed by atoms with van der Waals surface area (Å²) in [4.78, 5) is 13.3. The fraction of sp³-hybridized carbons (Fsp3) is 0.250. The summed E-state index contributed by atoms with van der Waals surface area (Å²) in [6.45, 7) is 2.41. The van der Waals surface area contributed by atoms with Crippen molar-refractivity contribution in [1.82, 2.24) is 0 Å². The van der Waals surface area contributed by atoms with Gasteiger partial charge >= 0.3 is 0 Å². The van der Waals surface area contributed by atoms with Crippen molar-refractivity contribution in [3.8, 4) is 0 Å². The van der Waals surface area contributed by atoms with Gasteiger partial charge in [0.15, 0.2) is 0 Å². The lowest BCUT2D eigenvalue weighted by atomic mass is 10.1. The minimum atomic E-state index is 0.458. The number of carbonyl (C=O) groups is 1. The van der Waals surface area contributed by atoms with Crippen LogP contribution in [0, 0.1) is 6.92 Å². The highest BCUT2D eigenvalue weighted by molar-refractivity contribution is 5.76. The Morgan fingerprint density at radius 2 is 2.12 bits per heavy atom. The second-order valence-corrected chi connectivity index (χ2v) is 3.44. The summed E-state index contributed by atoms with van der Waals surface area (Å²) in [6, 6.07) is 5.66. The van der Waals surface area contributed by atoms with Crippen LogP contribution in [-0.4, -0.2) is 12.8 Å². The van der Waals surface area contributed by atoms with Gasteiger partial charge in [0.05, 0.1) is 0 Å². The third kappa shape index (κ3) is 3.98. The largest absolute Gasteiger partial charge is 0.298 e. The number of aldehydes is 1. The number of hydrogen-bond donors (Lipinski definition) is 0. The SMILES string of the molecule is Cc1cc(C=O)cc(C=CCCN=[N+]=[N-])c1. The van der Waals surface area contributed by atoms with Crippen molar-refractivity contribution in [2.75, 3.05) is 6.54 Å². The molecule has 1 aromatic carbocycles. The summed E-state index contributed by atoms with van der Waals surface area (Å²) >= 11 is 0. The zero-order chi connectivity index (χ0) is 11.8. The maximum atomic E-state index is 10.6. The van der Waals surface area contributed by atoms with Gasteiger partial charge in [0.25, 0.3) is 0 Å². The lowest BCUT2D eigenvalue weighted by Gasteiger charge is -1.98. The molecule has 0 aliphatic rings. The van der Waals surface area contributed by atoms with Crippen molar-refractivity contribution in [3.63, 3.8) is 0 Å². The molecular weight excluding hydrogens is 202 g/mol. The van der Waals surface area contributed by atoms with Gasteiger partial charge in [0.1, 0.15) is 6.29 Å². The summed E-state index contributed by atoms with van der Waals surface area (Å²) in [6.07, 6.45) is 5.39. The average molecular weight is 215 g/mol. The van der Waals surface area contributed by atoms with Crippen LogP contribution < -0.4 is 0 Å². The molecule has 4 nitrogen and oxygen atoms in total. The third-order valence-electron chi connectivity index (χ3n) is 2.03. The smallest absolute Gasteiger partial charge is 0.150 e. The van der Waals surface area contributed by atoms with Crippen LogP contribution in [0.4, 0.5) is 0 Å². The first-order chi connectivity index (χ1) is 7.76. The number of azide groups is 1. The normalized spacial score (nSPS) is 10.1. The van der Waals surface area contributed by atoms with E-state index in [9.17, 15) is 4.79 Å². The van der Waals surface area contributed by atoms with E-state index in [1.807, 2.05) is 37.3 Å². The lowest BCUT2D eigenvalue weighted by Crippen LogP contribution is -1.84. The lowest BCUT2D eigenvalue weighted by molar-refractivity contribution is 0.112. The molecule has 0 aliphatic carbocycles. The molecule has 0 amide bonds. The molecule has 0 heterocycles. The Morgan fingerprint density at radius 3 is 2.81 bits per heavy atom. The van der Waals surface area contributed by atoms with Gasteiger partial charge in [-0.2, -0.15) is 0 Å². The van der Waals surface area contributed by atoms with Gasteiger partial charge in [-0.1, -0.05) is 23.3 Å². The molecule has 1 rings (SSSR count). The minimum Gasteiger partial charge on any atom is -0.298 e. The molecule has 0 aliphatic heterocycles. The average Bonchev–Trinajstić information content (AvgIpc) is 2.28. The van der Waals surface area contributed by atoms with E-state index in [2.05, 4.69) is 10.0 Å². The zero-order valence-electron chi connectivity index (χ0n) is 9.13. The second-order valence-electron chi connectivity index (χ2n) is 3.44. The molecule has 0 N–H and O–H groups in total. The topological polar surface area (TPSA) is 65.8 Å². The van der Waals surface area contributed by atoms with Crippen molar-refractivity contribution < 1.29 is 4.79 Å². The fourth-order valence-corrected chi connectivity index (χ4v) is 1.40. The molecule has 0 spiro atoms. The first-order valence-electron chi connectivity index (χ1n) is 5.00. The summed E-state index contributed by atoms with van der Waals surface area (Å²) < 4.78 is 0. The van der Waals surface area contributed by atoms with E-state index in [1.165, 1.54) is 0 Å². The van der Waals surface area contributed by atoms with Crippen molar-refractivity contribution in [2.45, 2.75) is 13.3 Å². The highest BCUT2D eigenvalue weighted by atomic mass is 16.1. The highest BCUT2D eigenvalue weighted by Gasteiger charge is 1.94. The number of carbonyl (C=O) groups excluding carboxylic acids is 1. The molecule has 0 radical (unpaired) electrons. The fourth-order valence-electron chi connectivity index (χ4n) is 1.40. The van der Waals surface area contributed by atoms with E-state index < -0.39 is 0 Å². The standard InChI is InChI=1S/C12H13N3O/c1-10-6-11(8-12(7-10)9-16)4-2-3-5-14-15-13/h2,4,6-9H,3,5H2,1H3. The Labute approximate surface area is 94.2 Å². The van der Waals surface area contributed by atoms with Gasteiger partial charge in [0, 0.05) is 17.0 Å². The Bertz CT molecular complexity index is 446. The zero-order valence-corrected chi connectivity index (χ0v) is 9.13. The maximum absolute atomic E-state index is 10.6. The summed E-state index contributed by atoms with van der Waals surface area (Å²) in [5.41, 5.74) is 10.8. The number of rotatable bonds is 5. The van der Waals surface area contributed by atoms with Crippen molar-refractivity contribution in [2.24, 2.45) is 5.11 Å². The van der Waals surface area contributed by atoms with Gasteiger partial charge in [0.2, 0.25) is 0 Å². The first kappa shape index (κ1) is 12.0. The molecule has 16 heavy (non-hydrogen) atoms. The van der Waals surface area contributed by atoms with E-state index in [0.29, 0.717) is 18.5 Å². The van der Waals surface area contributed by atoms with Crippen LogP contribution in [0.3, 0.4) is 0 Å². The van der Waals surface area contributed by atoms with Crippen molar-refractivity contribution in [3.05, 3.63) is 51.4 Å². The van der Waals surface area contributed by atoms with Crippen molar-refractivity contribution >= 4 is 12.4 Å². The molecule has 0 unspecified atom stereocenters. The van der Waals surface area contributed by atoms with E-state index in [1.54, 1.807) is 0 Å². The molecule has 4 heteroatoms. The Hall–Kier alpha value is -2.06. The number of nitrogens with zero attached hydrogens (tertiary/aromatic N) is 3. The molecule has 0 bridgehead atoms. The van der Waals surface area contributed by atoms with E-state index in [-0.39, 0.29) is 0 Å². The van der Waals surface area contributed by atoms with Crippen LogP contribution in [-0.2, 0) is 0 Å². The van der Waals surface area contributed by atoms with Gasteiger partial charge in [-0.3, -0.25) is 4.79 Å². The number of hydrogen-bond acceptors (Lipinski definition) is 2. The molecule has 0 saturated carbocycles. The van der Waals surface area contributed by atoms with Crippen LogP contribution in [0.1, 0.15) is 27.9 Å². The van der Waals surface area contributed by atoms with Crippen LogP contribution in [0.2, 0.25) is 0 Å². The quantitative estimate of drug-likeness (QED) is 0.243. The monoisotopic (exact) mass is 215 g/mol. The Morgan fingerprint density at radius 1 is 1.38 bits per heavy atom. The van der Waals surface area contributed by atoms with E-state index in [4.69, 9.17) is 5.53 Å². The predicted octanol–water partition coefficient (Wildman–Crippen LogP) is 3.52. The van der Waals surface area contributed by atoms with Crippen LogP contribution in [0.25, 0.3) is 16.5 Å². The number of benzene rings is 1. The second kappa shape index (κ2) is 6.43. The molecule has 0 aromatic heterocycles. The van der Waals surface area contributed by atoms with Gasteiger partial charge in [-0.05, 0) is 42.1 Å². The molecule has 1 aromatic rings. The molecule has 0 fully saturated rings. The molecule has 0 saturated heterocycles.